The molecule has 0 heterocycles. The smallest absolute Gasteiger partial charge is 0.251 e. The molecule has 0 spiro atoms. The molecule has 1 amide bonds. The van der Waals surface area contributed by atoms with Gasteiger partial charge in [-0.3, -0.25) is 4.79 Å². The molecule has 0 aliphatic heterocycles. The van der Waals surface area contributed by atoms with E-state index in [1.54, 1.807) is 38.1 Å². The van der Waals surface area contributed by atoms with Crippen molar-refractivity contribution in [3.05, 3.63) is 83.9 Å². The van der Waals surface area contributed by atoms with E-state index in [-0.39, 0.29) is 11.9 Å². The number of carbonyl (C=O) groups excluding carboxylic acids is 1. The predicted molar refractivity (Wildman–Crippen MR) is 125 cm³/mol. The van der Waals surface area contributed by atoms with Crippen LogP contribution in [0.1, 0.15) is 28.9 Å². The van der Waals surface area contributed by atoms with E-state index >= 15 is 0 Å². The number of amides is 1. The molecule has 3 aromatic carbocycles. The first kappa shape index (κ1) is 22.6. The number of methoxy groups -OCH3 is 2. The predicted octanol–water partition coefficient (Wildman–Crippen LogP) is 5.37. The van der Waals surface area contributed by atoms with Gasteiger partial charge in [-0.2, -0.15) is 0 Å². The van der Waals surface area contributed by atoms with Crippen LogP contribution in [0, 0.1) is 0 Å². The lowest BCUT2D eigenvalue weighted by molar-refractivity contribution is 0.0939. The zero-order valence-electron chi connectivity index (χ0n) is 18.0. The lowest BCUT2D eigenvalue weighted by atomic mass is 10.1. The van der Waals surface area contributed by atoms with Gasteiger partial charge in [0.25, 0.3) is 5.91 Å². The number of ether oxygens (including phenoxy) is 3. The summed E-state index contributed by atoms with van der Waals surface area (Å²) in [5, 5.41) is 3.01. The largest absolute Gasteiger partial charge is 0.497 e. The van der Waals surface area contributed by atoms with Crippen molar-refractivity contribution in [3.8, 4) is 17.2 Å². The second-order valence-corrected chi connectivity index (χ2v) is 8.01. The summed E-state index contributed by atoms with van der Waals surface area (Å²) in [5.74, 6) is 2.84. The number of rotatable bonds is 10. The molecule has 0 saturated heterocycles. The molecule has 0 saturated carbocycles. The van der Waals surface area contributed by atoms with Gasteiger partial charge < -0.3 is 19.5 Å². The second kappa shape index (κ2) is 11.3. The minimum absolute atomic E-state index is 0.163. The van der Waals surface area contributed by atoms with E-state index in [2.05, 4.69) is 17.4 Å². The summed E-state index contributed by atoms with van der Waals surface area (Å²) in [6, 6.07) is 22.7. The first-order chi connectivity index (χ1) is 15.1. The third kappa shape index (κ3) is 6.43. The van der Waals surface area contributed by atoms with Gasteiger partial charge in [0, 0.05) is 21.8 Å². The van der Waals surface area contributed by atoms with Crippen LogP contribution in [-0.2, 0) is 0 Å². The van der Waals surface area contributed by atoms with Gasteiger partial charge in [0.15, 0.2) is 0 Å². The molecular weight excluding hydrogens is 410 g/mol. The highest BCUT2D eigenvalue weighted by Crippen LogP contribution is 2.29. The Kier molecular flexibility index (Phi) is 8.24. The third-order valence-corrected chi connectivity index (χ3v) is 5.71. The van der Waals surface area contributed by atoms with Gasteiger partial charge in [-0.1, -0.05) is 18.2 Å². The van der Waals surface area contributed by atoms with E-state index < -0.39 is 0 Å². The Hall–Kier alpha value is -3.12. The fourth-order valence-electron chi connectivity index (χ4n) is 3.07. The SMILES string of the molecule is COc1ccc(OC)c([C@@H](C)NC(=O)c2ccc(OCCSc3ccccc3)cc2)c1. The molecule has 0 bridgehead atoms. The molecule has 0 aromatic heterocycles. The van der Waals surface area contributed by atoms with E-state index in [4.69, 9.17) is 14.2 Å². The van der Waals surface area contributed by atoms with Gasteiger partial charge >= 0.3 is 0 Å². The fourth-order valence-corrected chi connectivity index (χ4v) is 3.83. The van der Waals surface area contributed by atoms with E-state index in [1.807, 2.05) is 55.5 Å². The Morgan fingerprint density at radius 1 is 0.935 bits per heavy atom. The number of hydrogen-bond donors (Lipinski definition) is 1. The van der Waals surface area contributed by atoms with Crippen LogP contribution in [-0.4, -0.2) is 32.5 Å². The number of hydrogen-bond acceptors (Lipinski definition) is 5. The number of nitrogens with one attached hydrogen (secondary N) is 1. The fraction of sp³-hybridized carbons (Fsp3) is 0.240. The van der Waals surface area contributed by atoms with E-state index in [0.717, 1.165) is 17.1 Å². The molecule has 0 aliphatic rings. The molecule has 3 rings (SSSR count). The summed E-state index contributed by atoms with van der Waals surface area (Å²) in [4.78, 5) is 13.9. The van der Waals surface area contributed by atoms with Crippen molar-refractivity contribution < 1.29 is 19.0 Å². The van der Waals surface area contributed by atoms with Gasteiger partial charge in [-0.25, -0.2) is 0 Å². The lowest BCUT2D eigenvalue weighted by Crippen LogP contribution is -2.26. The molecule has 1 atom stereocenters. The van der Waals surface area contributed by atoms with Gasteiger partial charge in [0.1, 0.15) is 17.2 Å². The quantitative estimate of drug-likeness (QED) is 0.342. The molecule has 0 radical (unpaired) electrons. The average molecular weight is 438 g/mol. The maximum atomic E-state index is 12.7. The second-order valence-electron chi connectivity index (χ2n) is 6.84. The van der Waals surface area contributed by atoms with Crippen molar-refractivity contribution in [2.75, 3.05) is 26.6 Å². The summed E-state index contributed by atoms with van der Waals surface area (Å²) in [6.07, 6.45) is 0. The molecule has 0 fully saturated rings. The molecule has 1 N–H and O–H groups in total. The Morgan fingerprint density at radius 2 is 1.65 bits per heavy atom. The van der Waals surface area contributed by atoms with Crippen LogP contribution in [0.3, 0.4) is 0 Å². The summed E-state index contributed by atoms with van der Waals surface area (Å²) in [5.41, 5.74) is 1.42. The zero-order valence-corrected chi connectivity index (χ0v) is 18.8. The first-order valence-electron chi connectivity index (χ1n) is 10.0. The van der Waals surface area contributed by atoms with Gasteiger partial charge in [-0.15, -0.1) is 11.8 Å². The highest BCUT2D eigenvalue weighted by atomic mass is 32.2. The maximum Gasteiger partial charge on any atom is 0.251 e. The molecule has 0 aliphatic carbocycles. The zero-order chi connectivity index (χ0) is 22.1. The summed E-state index contributed by atoms with van der Waals surface area (Å²) in [6.45, 7) is 2.51. The third-order valence-electron chi connectivity index (χ3n) is 4.73. The monoisotopic (exact) mass is 437 g/mol. The first-order valence-corrected chi connectivity index (χ1v) is 11.0. The highest BCUT2D eigenvalue weighted by molar-refractivity contribution is 7.99. The van der Waals surface area contributed by atoms with Crippen LogP contribution in [0.5, 0.6) is 17.2 Å². The minimum Gasteiger partial charge on any atom is -0.497 e. The van der Waals surface area contributed by atoms with E-state index in [0.29, 0.717) is 23.7 Å². The molecule has 31 heavy (non-hydrogen) atoms. The number of carbonyl (C=O) groups is 1. The summed E-state index contributed by atoms with van der Waals surface area (Å²) in [7, 11) is 3.22. The Morgan fingerprint density at radius 3 is 2.32 bits per heavy atom. The highest BCUT2D eigenvalue weighted by Gasteiger charge is 2.16. The number of thioether (sulfide) groups is 1. The van der Waals surface area contributed by atoms with Crippen LogP contribution in [0.15, 0.2) is 77.7 Å². The minimum atomic E-state index is -0.247. The van der Waals surface area contributed by atoms with Crippen LogP contribution in [0.25, 0.3) is 0 Å². The van der Waals surface area contributed by atoms with Gasteiger partial charge in [0.05, 0.1) is 26.9 Å². The van der Waals surface area contributed by atoms with E-state index in [1.165, 1.54) is 4.90 Å². The average Bonchev–Trinajstić information content (AvgIpc) is 2.82. The van der Waals surface area contributed by atoms with Crippen LogP contribution < -0.4 is 19.5 Å². The Bertz CT molecular complexity index is 977. The summed E-state index contributed by atoms with van der Waals surface area (Å²) < 4.78 is 16.5. The molecule has 162 valence electrons. The van der Waals surface area contributed by atoms with Crippen LogP contribution >= 0.6 is 11.8 Å². The van der Waals surface area contributed by atoms with Gasteiger partial charge in [0.2, 0.25) is 0 Å². The molecule has 0 unspecified atom stereocenters. The van der Waals surface area contributed by atoms with Crippen molar-refractivity contribution in [1.82, 2.24) is 5.32 Å². The summed E-state index contributed by atoms with van der Waals surface area (Å²) >= 11 is 1.75. The molecular formula is C25H27NO4S. The topological polar surface area (TPSA) is 56.8 Å². The standard InChI is InChI=1S/C25H27NO4S/c1-18(23-17-21(28-2)13-14-24(23)29-3)26-25(27)19-9-11-20(12-10-19)30-15-16-31-22-7-5-4-6-8-22/h4-14,17-18H,15-16H2,1-3H3,(H,26,27)/t18-/m1/s1. The Labute approximate surface area is 187 Å². The maximum absolute atomic E-state index is 12.7. The van der Waals surface area contributed by atoms with E-state index in [9.17, 15) is 4.79 Å². The number of benzene rings is 3. The lowest BCUT2D eigenvalue weighted by Gasteiger charge is -2.18. The molecule has 5 nitrogen and oxygen atoms in total. The van der Waals surface area contributed by atoms with Crippen molar-refractivity contribution >= 4 is 17.7 Å². The van der Waals surface area contributed by atoms with Crippen LogP contribution in [0.2, 0.25) is 0 Å². The Balaban J connectivity index is 1.53. The van der Waals surface area contributed by atoms with Gasteiger partial charge in [-0.05, 0) is 61.5 Å². The van der Waals surface area contributed by atoms with Crippen molar-refractivity contribution in [2.45, 2.75) is 17.9 Å². The molecule has 3 aromatic rings. The van der Waals surface area contributed by atoms with Crippen molar-refractivity contribution in [3.63, 3.8) is 0 Å². The van der Waals surface area contributed by atoms with Crippen molar-refractivity contribution in [2.24, 2.45) is 0 Å². The molecule has 6 heteroatoms. The van der Waals surface area contributed by atoms with Crippen LogP contribution in [0.4, 0.5) is 0 Å². The van der Waals surface area contributed by atoms with Crippen molar-refractivity contribution in [1.29, 1.82) is 0 Å². The normalized spacial score (nSPS) is 11.5.